The van der Waals surface area contributed by atoms with Gasteiger partial charge in [-0.25, -0.2) is 9.37 Å². The van der Waals surface area contributed by atoms with Crippen molar-refractivity contribution in [3.8, 4) is 11.3 Å². The van der Waals surface area contributed by atoms with E-state index >= 15 is 0 Å². The average Bonchev–Trinajstić information content (AvgIpc) is 2.64. The summed E-state index contributed by atoms with van der Waals surface area (Å²) in [6, 6.07) is 4.80. The van der Waals surface area contributed by atoms with Crippen LogP contribution in [0.15, 0.2) is 22.7 Å². The van der Waals surface area contributed by atoms with Crippen molar-refractivity contribution < 1.29 is 9.50 Å². The molecule has 0 aliphatic carbocycles. The van der Waals surface area contributed by atoms with Gasteiger partial charge in [0.2, 0.25) is 0 Å². The van der Waals surface area contributed by atoms with Gasteiger partial charge in [0.1, 0.15) is 5.82 Å². The highest BCUT2D eigenvalue weighted by molar-refractivity contribution is 9.10. The number of rotatable bonds is 3. The fourth-order valence-electron chi connectivity index (χ4n) is 1.58. The first-order valence-corrected chi connectivity index (χ1v) is 6.75. The van der Waals surface area contributed by atoms with E-state index in [-0.39, 0.29) is 12.4 Å². The summed E-state index contributed by atoms with van der Waals surface area (Å²) in [7, 11) is 0. The molecule has 0 saturated heterocycles. The van der Waals surface area contributed by atoms with Crippen molar-refractivity contribution in [2.75, 3.05) is 6.61 Å². The highest BCUT2D eigenvalue weighted by Crippen LogP contribution is 2.31. The van der Waals surface area contributed by atoms with Gasteiger partial charge < -0.3 is 5.11 Å². The maximum atomic E-state index is 13.7. The van der Waals surface area contributed by atoms with E-state index in [0.29, 0.717) is 17.7 Å². The highest BCUT2D eigenvalue weighted by Gasteiger charge is 2.13. The molecule has 1 aromatic carbocycles. The number of hydrogen-bond donors (Lipinski definition) is 1. The number of halogens is 2. The summed E-state index contributed by atoms with van der Waals surface area (Å²) in [6.45, 7) is 1.97. The van der Waals surface area contributed by atoms with Crippen LogP contribution in [-0.4, -0.2) is 16.7 Å². The Morgan fingerprint density at radius 1 is 1.47 bits per heavy atom. The number of benzene rings is 1. The topological polar surface area (TPSA) is 33.1 Å². The van der Waals surface area contributed by atoms with Crippen molar-refractivity contribution in [2.24, 2.45) is 0 Å². The number of aliphatic hydroxyl groups excluding tert-OH is 1. The van der Waals surface area contributed by atoms with Gasteiger partial charge in [-0.15, -0.1) is 11.3 Å². The summed E-state index contributed by atoms with van der Waals surface area (Å²) in [5, 5.41) is 9.71. The second-order valence-electron chi connectivity index (χ2n) is 3.61. The third-order valence-electron chi connectivity index (χ3n) is 2.35. The van der Waals surface area contributed by atoms with Crippen LogP contribution >= 0.6 is 27.3 Å². The number of aromatic nitrogens is 1. The summed E-state index contributed by atoms with van der Waals surface area (Å²) in [5.41, 5.74) is 1.16. The van der Waals surface area contributed by atoms with Gasteiger partial charge in [0.25, 0.3) is 0 Å². The van der Waals surface area contributed by atoms with Crippen LogP contribution < -0.4 is 0 Å². The molecule has 0 fully saturated rings. The van der Waals surface area contributed by atoms with Crippen LogP contribution in [0.3, 0.4) is 0 Å². The van der Waals surface area contributed by atoms with Crippen LogP contribution in [0, 0.1) is 12.7 Å². The lowest BCUT2D eigenvalue weighted by Crippen LogP contribution is -1.90. The van der Waals surface area contributed by atoms with Gasteiger partial charge in [0.05, 0.1) is 10.7 Å². The quantitative estimate of drug-likeness (QED) is 0.939. The SMILES string of the molecule is Cc1sc(CCO)nc1-c1cc(Br)ccc1F. The third-order valence-corrected chi connectivity index (χ3v) is 3.87. The third kappa shape index (κ3) is 2.73. The molecule has 90 valence electrons. The Morgan fingerprint density at radius 2 is 2.24 bits per heavy atom. The van der Waals surface area contributed by atoms with E-state index in [1.54, 1.807) is 12.1 Å². The Kier molecular flexibility index (Phi) is 3.91. The zero-order chi connectivity index (χ0) is 12.4. The molecule has 0 bridgehead atoms. The van der Waals surface area contributed by atoms with Gasteiger partial charge in [-0.2, -0.15) is 0 Å². The van der Waals surface area contributed by atoms with Gasteiger partial charge in [-0.1, -0.05) is 15.9 Å². The van der Waals surface area contributed by atoms with Crippen LogP contribution in [0.25, 0.3) is 11.3 Å². The van der Waals surface area contributed by atoms with Gasteiger partial charge in [-0.3, -0.25) is 0 Å². The van der Waals surface area contributed by atoms with E-state index < -0.39 is 0 Å². The second-order valence-corrected chi connectivity index (χ2v) is 5.81. The zero-order valence-corrected chi connectivity index (χ0v) is 11.6. The largest absolute Gasteiger partial charge is 0.396 e. The van der Waals surface area contributed by atoms with Crippen LogP contribution in [-0.2, 0) is 6.42 Å². The van der Waals surface area contributed by atoms with Crippen LogP contribution in [0.1, 0.15) is 9.88 Å². The molecule has 0 aliphatic heterocycles. The van der Waals surface area contributed by atoms with Crippen molar-refractivity contribution in [1.29, 1.82) is 0 Å². The summed E-state index contributed by atoms with van der Waals surface area (Å²) in [5.74, 6) is -0.280. The lowest BCUT2D eigenvalue weighted by atomic mass is 10.1. The van der Waals surface area contributed by atoms with Gasteiger partial charge in [-0.05, 0) is 25.1 Å². The van der Waals surface area contributed by atoms with E-state index in [4.69, 9.17) is 5.11 Å². The summed E-state index contributed by atoms with van der Waals surface area (Å²) in [6.07, 6.45) is 0.515. The first-order chi connectivity index (χ1) is 8.11. The molecular weight excluding hydrogens is 305 g/mol. The van der Waals surface area contributed by atoms with E-state index in [2.05, 4.69) is 20.9 Å². The minimum Gasteiger partial charge on any atom is -0.396 e. The molecule has 5 heteroatoms. The van der Waals surface area contributed by atoms with E-state index in [1.165, 1.54) is 17.4 Å². The first kappa shape index (κ1) is 12.7. The Morgan fingerprint density at radius 3 is 2.94 bits per heavy atom. The summed E-state index contributed by atoms with van der Waals surface area (Å²) in [4.78, 5) is 5.33. The van der Waals surface area contributed by atoms with Crippen molar-refractivity contribution in [3.05, 3.63) is 38.4 Å². The van der Waals surface area contributed by atoms with Crippen molar-refractivity contribution in [1.82, 2.24) is 4.98 Å². The summed E-state index contributed by atoms with van der Waals surface area (Å²) < 4.78 is 14.5. The molecule has 17 heavy (non-hydrogen) atoms. The first-order valence-electron chi connectivity index (χ1n) is 5.14. The Balaban J connectivity index is 2.48. The average molecular weight is 316 g/mol. The highest BCUT2D eigenvalue weighted by atomic mass is 79.9. The molecule has 2 aromatic rings. The van der Waals surface area contributed by atoms with Crippen molar-refractivity contribution >= 4 is 27.3 Å². The van der Waals surface area contributed by atoms with E-state index in [0.717, 1.165) is 14.4 Å². The van der Waals surface area contributed by atoms with E-state index in [9.17, 15) is 4.39 Å². The number of aryl methyl sites for hydroxylation is 1. The van der Waals surface area contributed by atoms with Crippen molar-refractivity contribution in [2.45, 2.75) is 13.3 Å². The molecule has 0 amide bonds. The molecule has 1 N–H and O–H groups in total. The standard InChI is InChI=1S/C12H11BrFNOS/c1-7-12(15-11(17-7)4-5-16)9-6-8(13)2-3-10(9)14/h2-3,6,16H,4-5H2,1H3. The molecule has 0 saturated carbocycles. The number of nitrogens with zero attached hydrogens (tertiary/aromatic N) is 1. The predicted octanol–water partition coefficient (Wildman–Crippen LogP) is 3.55. The minimum absolute atomic E-state index is 0.0629. The molecule has 1 aromatic heterocycles. The molecule has 0 atom stereocenters. The number of hydrogen-bond acceptors (Lipinski definition) is 3. The lowest BCUT2D eigenvalue weighted by Gasteiger charge is -2.01. The molecule has 2 nitrogen and oxygen atoms in total. The monoisotopic (exact) mass is 315 g/mol. The Bertz CT molecular complexity index is 541. The fourth-order valence-corrected chi connectivity index (χ4v) is 2.88. The molecular formula is C12H11BrFNOS. The fraction of sp³-hybridized carbons (Fsp3) is 0.250. The number of thiazole rings is 1. The molecule has 0 unspecified atom stereocenters. The minimum atomic E-state index is -0.280. The van der Waals surface area contributed by atoms with E-state index in [1.807, 2.05) is 6.92 Å². The maximum Gasteiger partial charge on any atom is 0.132 e. The molecule has 0 spiro atoms. The normalized spacial score (nSPS) is 10.8. The van der Waals surface area contributed by atoms with Gasteiger partial charge in [0, 0.05) is 27.9 Å². The maximum absolute atomic E-state index is 13.7. The second kappa shape index (κ2) is 5.25. The van der Waals surface area contributed by atoms with Crippen LogP contribution in [0.2, 0.25) is 0 Å². The Labute approximate surface area is 111 Å². The van der Waals surface area contributed by atoms with Gasteiger partial charge >= 0.3 is 0 Å². The van der Waals surface area contributed by atoms with Crippen LogP contribution in [0.4, 0.5) is 4.39 Å². The zero-order valence-electron chi connectivity index (χ0n) is 9.20. The molecule has 2 rings (SSSR count). The molecule has 1 heterocycles. The molecule has 0 radical (unpaired) electrons. The molecule has 0 aliphatic rings. The predicted molar refractivity (Wildman–Crippen MR) is 70.7 cm³/mol. The lowest BCUT2D eigenvalue weighted by molar-refractivity contribution is 0.299. The van der Waals surface area contributed by atoms with Gasteiger partial charge in [0.15, 0.2) is 0 Å². The van der Waals surface area contributed by atoms with Crippen molar-refractivity contribution in [3.63, 3.8) is 0 Å². The Hall–Kier alpha value is -0.780. The smallest absolute Gasteiger partial charge is 0.132 e. The number of aliphatic hydroxyl groups is 1. The summed E-state index contributed by atoms with van der Waals surface area (Å²) >= 11 is 4.82. The van der Waals surface area contributed by atoms with Crippen LogP contribution in [0.5, 0.6) is 0 Å².